The van der Waals surface area contributed by atoms with Crippen molar-refractivity contribution >= 4 is 23.2 Å². The molecule has 1 aromatic heterocycles. The van der Waals surface area contributed by atoms with Gasteiger partial charge in [-0.15, -0.1) is 0 Å². The summed E-state index contributed by atoms with van der Waals surface area (Å²) in [6.45, 7) is 2.57. The largest absolute Gasteiger partial charge is 0.319 e. The molecule has 1 unspecified atom stereocenters. The SMILES string of the molecule is O=C(Nc1cn[nH]c1C1CCNC1)c1cccc(N2CCCC2=O)c1. The van der Waals surface area contributed by atoms with Gasteiger partial charge in [0.15, 0.2) is 0 Å². The lowest BCUT2D eigenvalue weighted by molar-refractivity contribution is -0.117. The van der Waals surface area contributed by atoms with E-state index in [4.69, 9.17) is 0 Å². The van der Waals surface area contributed by atoms with Crippen molar-refractivity contribution in [3.8, 4) is 0 Å². The zero-order chi connectivity index (χ0) is 17.2. The Hall–Kier alpha value is -2.67. The smallest absolute Gasteiger partial charge is 0.255 e. The Labute approximate surface area is 145 Å². The van der Waals surface area contributed by atoms with Crippen LogP contribution < -0.4 is 15.5 Å². The van der Waals surface area contributed by atoms with Crippen LogP contribution in [-0.2, 0) is 4.79 Å². The topological polar surface area (TPSA) is 90.1 Å². The van der Waals surface area contributed by atoms with E-state index in [0.717, 1.165) is 43.0 Å². The highest BCUT2D eigenvalue weighted by molar-refractivity contribution is 6.06. The number of carbonyl (C=O) groups is 2. The summed E-state index contributed by atoms with van der Waals surface area (Å²) < 4.78 is 0. The van der Waals surface area contributed by atoms with Crippen molar-refractivity contribution in [3.63, 3.8) is 0 Å². The third-order valence-electron chi connectivity index (χ3n) is 4.88. The Morgan fingerprint density at radius 1 is 1.36 bits per heavy atom. The first-order chi connectivity index (χ1) is 12.2. The van der Waals surface area contributed by atoms with E-state index in [1.165, 1.54) is 0 Å². The molecule has 0 aliphatic carbocycles. The molecule has 2 saturated heterocycles. The van der Waals surface area contributed by atoms with Gasteiger partial charge in [-0.25, -0.2) is 0 Å². The van der Waals surface area contributed by atoms with E-state index in [0.29, 0.717) is 24.4 Å². The minimum Gasteiger partial charge on any atom is -0.319 e. The number of nitrogens with one attached hydrogen (secondary N) is 3. The molecule has 2 fully saturated rings. The second-order valence-electron chi connectivity index (χ2n) is 6.54. The van der Waals surface area contributed by atoms with Gasteiger partial charge in [-0.2, -0.15) is 5.10 Å². The number of carbonyl (C=O) groups excluding carboxylic acids is 2. The lowest BCUT2D eigenvalue weighted by atomic mass is 10.0. The fraction of sp³-hybridized carbons (Fsp3) is 0.389. The van der Waals surface area contributed by atoms with E-state index < -0.39 is 0 Å². The maximum atomic E-state index is 12.7. The highest BCUT2D eigenvalue weighted by Crippen LogP contribution is 2.28. The number of hydrogen-bond donors (Lipinski definition) is 3. The zero-order valence-corrected chi connectivity index (χ0v) is 13.9. The molecule has 0 bridgehead atoms. The van der Waals surface area contributed by atoms with Gasteiger partial charge in [0.2, 0.25) is 5.91 Å². The van der Waals surface area contributed by atoms with Gasteiger partial charge in [-0.05, 0) is 37.6 Å². The molecule has 0 radical (unpaired) electrons. The van der Waals surface area contributed by atoms with E-state index in [1.807, 2.05) is 12.1 Å². The lowest BCUT2D eigenvalue weighted by Crippen LogP contribution is -2.24. The summed E-state index contributed by atoms with van der Waals surface area (Å²) in [5.74, 6) is 0.261. The molecular weight excluding hydrogens is 318 g/mol. The number of H-pyrrole nitrogens is 1. The highest BCUT2D eigenvalue weighted by atomic mass is 16.2. The van der Waals surface area contributed by atoms with Crippen molar-refractivity contribution in [1.29, 1.82) is 0 Å². The molecule has 0 saturated carbocycles. The summed E-state index contributed by atoms with van der Waals surface area (Å²) in [5, 5.41) is 13.4. The van der Waals surface area contributed by atoms with Crippen LogP contribution in [0.3, 0.4) is 0 Å². The van der Waals surface area contributed by atoms with E-state index >= 15 is 0 Å². The van der Waals surface area contributed by atoms with Gasteiger partial charge in [-0.3, -0.25) is 14.7 Å². The number of amides is 2. The number of aromatic amines is 1. The van der Waals surface area contributed by atoms with Gasteiger partial charge >= 0.3 is 0 Å². The monoisotopic (exact) mass is 339 g/mol. The number of aromatic nitrogens is 2. The first-order valence-electron chi connectivity index (χ1n) is 8.68. The average Bonchev–Trinajstić information content (AvgIpc) is 3.35. The summed E-state index contributed by atoms with van der Waals surface area (Å²) in [6, 6.07) is 7.21. The van der Waals surface area contributed by atoms with Crippen molar-refractivity contribution < 1.29 is 9.59 Å². The molecule has 4 rings (SSSR count). The second-order valence-corrected chi connectivity index (χ2v) is 6.54. The quantitative estimate of drug-likeness (QED) is 0.793. The highest BCUT2D eigenvalue weighted by Gasteiger charge is 2.24. The summed E-state index contributed by atoms with van der Waals surface area (Å²) in [6.07, 6.45) is 4.12. The molecule has 2 amide bonds. The summed E-state index contributed by atoms with van der Waals surface area (Å²) in [5.41, 5.74) is 3.00. The summed E-state index contributed by atoms with van der Waals surface area (Å²) in [7, 11) is 0. The molecule has 25 heavy (non-hydrogen) atoms. The Kier molecular flexibility index (Phi) is 4.23. The standard InChI is InChI=1S/C18H21N5O2/c24-16-5-2-8-23(16)14-4-1-3-12(9-14)18(25)21-15-11-20-22-17(15)13-6-7-19-10-13/h1,3-4,9,11,13,19H,2,5-8,10H2,(H,20,22)(H,21,25). The van der Waals surface area contributed by atoms with Crippen molar-refractivity contribution in [2.75, 3.05) is 29.9 Å². The summed E-state index contributed by atoms with van der Waals surface area (Å²) >= 11 is 0. The lowest BCUT2D eigenvalue weighted by Gasteiger charge is -2.16. The van der Waals surface area contributed by atoms with Crippen LogP contribution in [-0.4, -0.2) is 41.6 Å². The average molecular weight is 339 g/mol. The molecule has 0 spiro atoms. The molecule has 3 heterocycles. The molecule has 2 aliphatic heterocycles. The molecule has 1 aromatic carbocycles. The Bertz CT molecular complexity index is 794. The zero-order valence-electron chi connectivity index (χ0n) is 13.9. The van der Waals surface area contributed by atoms with Crippen LogP contribution in [0.2, 0.25) is 0 Å². The summed E-state index contributed by atoms with van der Waals surface area (Å²) in [4.78, 5) is 26.3. The van der Waals surface area contributed by atoms with E-state index in [9.17, 15) is 9.59 Å². The van der Waals surface area contributed by atoms with Crippen LogP contribution in [0, 0.1) is 0 Å². The maximum Gasteiger partial charge on any atom is 0.255 e. The minimum absolute atomic E-state index is 0.114. The van der Waals surface area contributed by atoms with Crippen molar-refractivity contribution in [2.45, 2.75) is 25.2 Å². The van der Waals surface area contributed by atoms with Gasteiger partial charge in [0.25, 0.3) is 5.91 Å². The molecule has 1 atom stereocenters. The predicted octanol–water partition coefficient (Wildman–Crippen LogP) is 1.87. The van der Waals surface area contributed by atoms with Crippen LogP contribution in [0.15, 0.2) is 30.5 Å². The minimum atomic E-state index is -0.192. The van der Waals surface area contributed by atoms with E-state index in [2.05, 4.69) is 20.8 Å². The Balaban J connectivity index is 1.52. The van der Waals surface area contributed by atoms with Crippen LogP contribution in [0.5, 0.6) is 0 Å². The maximum absolute atomic E-state index is 12.7. The fourth-order valence-electron chi connectivity index (χ4n) is 3.54. The van der Waals surface area contributed by atoms with E-state index in [-0.39, 0.29) is 11.8 Å². The number of benzene rings is 1. The Morgan fingerprint density at radius 3 is 3.04 bits per heavy atom. The molecule has 3 N–H and O–H groups in total. The molecule has 2 aromatic rings. The number of anilines is 2. The number of hydrogen-bond acceptors (Lipinski definition) is 4. The van der Waals surface area contributed by atoms with Crippen molar-refractivity contribution in [2.24, 2.45) is 0 Å². The number of rotatable bonds is 4. The van der Waals surface area contributed by atoms with Gasteiger partial charge in [0.1, 0.15) is 0 Å². The fourth-order valence-corrected chi connectivity index (χ4v) is 3.54. The third kappa shape index (κ3) is 3.15. The normalized spacial score (nSPS) is 20.2. The van der Waals surface area contributed by atoms with Gasteiger partial charge in [0.05, 0.1) is 17.6 Å². The van der Waals surface area contributed by atoms with Crippen LogP contribution in [0.25, 0.3) is 0 Å². The van der Waals surface area contributed by atoms with Crippen LogP contribution >= 0.6 is 0 Å². The molecular formula is C18H21N5O2. The van der Waals surface area contributed by atoms with Gasteiger partial charge < -0.3 is 15.5 Å². The Morgan fingerprint density at radius 2 is 2.28 bits per heavy atom. The van der Waals surface area contributed by atoms with Gasteiger partial charge in [-0.1, -0.05) is 6.07 Å². The van der Waals surface area contributed by atoms with Crippen molar-refractivity contribution in [1.82, 2.24) is 15.5 Å². The van der Waals surface area contributed by atoms with Crippen molar-refractivity contribution in [3.05, 3.63) is 41.7 Å². The van der Waals surface area contributed by atoms with E-state index in [1.54, 1.807) is 23.2 Å². The molecule has 7 heteroatoms. The second kappa shape index (κ2) is 6.68. The molecule has 130 valence electrons. The third-order valence-corrected chi connectivity index (χ3v) is 4.88. The molecule has 7 nitrogen and oxygen atoms in total. The van der Waals surface area contributed by atoms with Crippen LogP contribution in [0.1, 0.15) is 41.2 Å². The molecule has 2 aliphatic rings. The number of nitrogens with zero attached hydrogens (tertiary/aromatic N) is 2. The first kappa shape index (κ1) is 15.8. The van der Waals surface area contributed by atoms with Crippen LogP contribution in [0.4, 0.5) is 11.4 Å². The van der Waals surface area contributed by atoms with Gasteiger partial charge in [0, 0.05) is 36.7 Å². The predicted molar refractivity (Wildman–Crippen MR) is 94.8 cm³/mol. The first-order valence-corrected chi connectivity index (χ1v) is 8.68.